The molecule has 3 nitrogen and oxygen atoms in total. The molecular weight excluding hydrogens is 843 g/mol. The van der Waals surface area contributed by atoms with Gasteiger partial charge in [-0.1, -0.05) is 153 Å². The molecule has 0 fully saturated rings. The lowest BCUT2D eigenvalue weighted by Gasteiger charge is -2.48. The van der Waals surface area contributed by atoms with Crippen LogP contribution in [0.25, 0.3) is 71.5 Å². The summed E-state index contributed by atoms with van der Waals surface area (Å²) in [6.07, 6.45) is 5.20. The second kappa shape index (κ2) is 15.8. The highest BCUT2D eigenvalue weighted by atomic mass is 32.2. The largest absolute Gasteiger partial charge is 0.308 e. The molecule has 2 unspecified atom stereocenters. The molecule has 13 rings (SSSR count). The lowest BCUT2D eigenvalue weighted by atomic mass is 9.58. The fourth-order valence-corrected chi connectivity index (χ4v) is 13.3. The predicted octanol–water partition coefficient (Wildman–Crippen LogP) is 16.1. The minimum atomic E-state index is -0.322. The number of para-hydroxylation sites is 1. The highest BCUT2D eigenvalue weighted by Crippen LogP contribution is 2.57. The van der Waals surface area contributed by atoms with Crippen molar-refractivity contribution in [3.8, 4) is 33.5 Å². The molecule has 0 radical (unpaired) electrons. The third kappa shape index (κ3) is 6.06. The Morgan fingerprint density at radius 3 is 1.78 bits per heavy atom. The molecule has 0 N–H and O–H groups in total. The highest BCUT2D eigenvalue weighted by molar-refractivity contribution is 7.99. The molecule has 0 spiro atoms. The van der Waals surface area contributed by atoms with E-state index in [9.17, 15) is 0 Å². The maximum absolute atomic E-state index is 2.73. The van der Waals surface area contributed by atoms with Crippen molar-refractivity contribution in [2.24, 2.45) is 0 Å². The van der Waals surface area contributed by atoms with Crippen molar-refractivity contribution in [3.05, 3.63) is 230 Å². The highest BCUT2D eigenvalue weighted by Gasteiger charge is 2.61. The van der Waals surface area contributed by atoms with Gasteiger partial charge in [-0.05, 0) is 113 Å². The van der Waals surface area contributed by atoms with Gasteiger partial charge in [0.2, 0.25) is 16.7 Å². The minimum Gasteiger partial charge on any atom is -0.308 e. The summed E-state index contributed by atoms with van der Waals surface area (Å²) in [6, 6.07) is 79.3. The SMILES string of the molecule is CCC1(C)c2ccc(N3c4ccc(-c5ccccc5)cc4Sc4cc(-c5ccccc5)ccc43)cc2-c2c3ccccc3cc[n+]2C1(CC)Cc1cc2ccccc2c2ccc3ccccc3[n+]12. The Balaban J connectivity index is 1.04. The zero-order chi connectivity index (χ0) is 45.6. The van der Waals surface area contributed by atoms with Gasteiger partial charge in [0, 0.05) is 51.6 Å². The molecule has 4 heteroatoms. The van der Waals surface area contributed by atoms with Crippen LogP contribution >= 0.6 is 11.8 Å². The number of fused-ring (bicyclic) bond motifs is 12. The molecule has 2 atom stereocenters. The lowest BCUT2D eigenvalue weighted by molar-refractivity contribution is -0.769. The number of nitrogens with zero attached hydrogens (tertiary/aromatic N) is 3. The quantitative estimate of drug-likeness (QED) is 0.117. The topological polar surface area (TPSA) is 11.2 Å². The van der Waals surface area contributed by atoms with E-state index >= 15 is 0 Å². The summed E-state index contributed by atoms with van der Waals surface area (Å²) in [4.78, 5) is 5.02. The van der Waals surface area contributed by atoms with Crippen molar-refractivity contribution >= 4 is 66.8 Å². The van der Waals surface area contributed by atoms with Crippen LogP contribution in [0.2, 0.25) is 0 Å². The maximum Gasteiger partial charge on any atom is 0.221 e. The molecule has 2 aliphatic heterocycles. The van der Waals surface area contributed by atoms with Crippen LogP contribution in [0.5, 0.6) is 0 Å². The van der Waals surface area contributed by atoms with Crippen LogP contribution in [0.3, 0.4) is 0 Å². The van der Waals surface area contributed by atoms with E-state index in [1.54, 1.807) is 0 Å². The summed E-state index contributed by atoms with van der Waals surface area (Å²) >= 11 is 1.88. The Bertz CT molecular complexity index is 3720. The minimum absolute atomic E-state index is 0.248. The Morgan fingerprint density at radius 1 is 0.485 bits per heavy atom. The first-order valence-corrected chi connectivity index (χ1v) is 25.0. The maximum atomic E-state index is 2.73. The normalized spacial score (nSPS) is 17.2. The van der Waals surface area contributed by atoms with E-state index in [4.69, 9.17) is 0 Å². The van der Waals surface area contributed by atoms with E-state index in [0.717, 1.165) is 24.9 Å². The van der Waals surface area contributed by atoms with Gasteiger partial charge in [0.25, 0.3) is 0 Å². The van der Waals surface area contributed by atoms with Crippen molar-refractivity contribution in [2.45, 2.75) is 60.8 Å². The number of benzene rings is 8. The molecule has 5 heterocycles. The van der Waals surface area contributed by atoms with E-state index in [1.807, 2.05) is 11.8 Å². The average Bonchev–Trinajstić information content (AvgIpc) is 3.40. The summed E-state index contributed by atoms with van der Waals surface area (Å²) in [7, 11) is 0. The van der Waals surface area contributed by atoms with E-state index in [-0.39, 0.29) is 11.0 Å². The van der Waals surface area contributed by atoms with Gasteiger partial charge in [-0.2, -0.15) is 8.97 Å². The van der Waals surface area contributed by atoms with E-state index in [0.29, 0.717) is 0 Å². The molecule has 3 aromatic heterocycles. The first kappa shape index (κ1) is 40.7. The van der Waals surface area contributed by atoms with Crippen LogP contribution < -0.4 is 13.9 Å². The van der Waals surface area contributed by atoms with Crippen LogP contribution in [0, 0.1) is 0 Å². The van der Waals surface area contributed by atoms with Crippen molar-refractivity contribution in [1.29, 1.82) is 0 Å². The van der Waals surface area contributed by atoms with Gasteiger partial charge in [0.15, 0.2) is 17.4 Å². The fourth-order valence-electron chi connectivity index (χ4n) is 12.2. The van der Waals surface area contributed by atoms with Crippen molar-refractivity contribution in [2.75, 3.05) is 4.90 Å². The standard InChI is InChI=1S/C64H51N3S/c1-4-63(3)55-32-31-50(66-58-34-29-47(43-18-8-6-9-19-43)39-60(58)68-61-40-48(30-35-59(61)66)44-20-10-7-11-21-44)41-54(55)62-53-26-16-12-22-45(53)36-37-65(62)64(63,5-2)42-51-38-49-24-13-15-25-52(49)57-33-28-46-23-14-17-27-56(46)67(51)57/h6-41H,4-5,42H2,1-3H3/q+2. The molecule has 0 bridgehead atoms. The molecular formula is C64H51N3S+2. The molecule has 0 amide bonds. The van der Waals surface area contributed by atoms with Crippen molar-refractivity contribution in [3.63, 3.8) is 0 Å². The molecule has 2 aliphatic rings. The van der Waals surface area contributed by atoms with E-state index < -0.39 is 0 Å². The van der Waals surface area contributed by atoms with Gasteiger partial charge in [-0.3, -0.25) is 0 Å². The van der Waals surface area contributed by atoms with Gasteiger partial charge in [0.05, 0.1) is 39.5 Å². The summed E-state index contributed by atoms with van der Waals surface area (Å²) in [5.41, 5.74) is 15.7. The molecule has 326 valence electrons. The number of rotatable bonds is 7. The monoisotopic (exact) mass is 893 g/mol. The van der Waals surface area contributed by atoms with Crippen LogP contribution in [0.15, 0.2) is 228 Å². The van der Waals surface area contributed by atoms with Gasteiger partial charge in [-0.15, -0.1) is 0 Å². The summed E-state index contributed by atoms with van der Waals surface area (Å²) < 4.78 is 5.30. The summed E-state index contributed by atoms with van der Waals surface area (Å²) in [5.74, 6) is 0. The van der Waals surface area contributed by atoms with Crippen molar-refractivity contribution in [1.82, 2.24) is 0 Å². The third-order valence-corrected chi connectivity index (χ3v) is 16.8. The zero-order valence-corrected chi connectivity index (χ0v) is 39.5. The number of hydrogen-bond donors (Lipinski definition) is 0. The number of hydrogen-bond acceptors (Lipinski definition) is 2. The van der Waals surface area contributed by atoms with Crippen molar-refractivity contribution < 1.29 is 8.97 Å². The van der Waals surface area contributed by atoms with Crippen LogP contribution in [0.4, 0.5) is 17.1 Å². The Kier molecular flexibility index (Phi) is 9.46. The number of pyridine rings is 3. The van der Waals surface area contributed by atoms with Gasteiger partial charge < -0.3 is 4.90 Å². The van der Waals surface area contributed by atoms with Crippen LogP contribution in [0.1, 0.15) is 44.9 Å². The van der Waals surface area contributed by atoms with Gasteiger partial charge in [-0.25, -0.2) is 0 Å². The third-order valence-electron chi connectivity index (χ3n) is 15.7. The average molecular weight is 894 g/mol. The molecule has 11 aromatic rings. The second-order valence-electron chi connectivity index (χ2n) is 19.0. The Hall–Kier alpha value is -7.53. The van der Waals surface area contributed by atoms with E-state index in [2.05, 4.69) is 253 Å². The van der Waals surface area contributed by atoms with Gasteiger partial charge in [0.1, 0.15) is 0 Å². The number of anilines is 3. The van der Waals surface area contributed by atoms with Crippen LogP contribution in [-0.4, -0.2) is 0 Å². The van der Waals surface area contributed by atoms with Gasteiger partial charge >= 0.3 is 0 Å². The van der Waals surface area contributed by atoms with E-state index in [1.165, 1.54) is 104 Å². The fraction of sp³-hybridized carbons (Fsp3) is 0.125. The molecule has 68 heavy (non-hydrogen) atoms. The molecule has 0 aliphatic carbocycles. The predicted molar refractivity (Wildman–Crippen MR) is 283 cm³/mol. The second-order valence-corrected chi connectivity index (χ2v) is 20.1. The number of aromatic nitrogens is 2. The summed E-state index contributed by atoms with van der Waals surface area (Å²) in [6.45, 7) is 7.40. The molecule has 8 aromatic carbocycles. The Labute approximate surface area is 402 Å². The molecule has 0 saturated carbocycles. The first-order chi connectivity index (χ1) is 33.5. The zero-order valence-electron chi connectivity index (χ0n) is 38.7. The smallest absolute Gasteiger partial charge is 0.221 e. The summed E-state index contributed by atoms with van der Waals surface area (Å²) in [5, 5.41) is 6.33. The first-order valence-electron chi connectivity index (χ1n) is 24.2. The lowest BCUT2D eigenvalue weighted by Crippen LogP contribution is -2.70. The Morgan fingerprint density at radius 2 is 1.10 bits per heavy atom. The van der Waals surface area contributed by atoms with Crippen LogP contribution in [-0.2, 0) is 17.4 Å². The molecule has 0 saturated heterocycles.